The van der Waals surface area contributed by atoms with Gasteiger partial charge in [0.05, 0.1) is 17.8 Å². The molecule has 5 heteroatoms. The molecule has 0 N–H and O–H groups in total. The number of rotatable bonds is 1. The first-order valence-corrected chi connectivity index (χ1v) is 5.00. The van der Waals surface area contributed by atoms with Gasteiger partial charge in [-0.15, -0.1) is 4.68 Å². The molecule has 78 valence electrons. The molecule has 0 atom stereocenters. The Balaban J connectivity index is 2.76. The molecule has 0 bridgehead atoms. The van der Waals surface area contributed by atoms with E-state index in [1.54, 1.807) is 4.68 Å². The summed E-state index contributed by atoms with van der Waals surface area (Å²) in [4.78, 5) is 13.2. The zero-order valence-corrected chi connectivity index (χ0v) is 9.44. The maximum Gasteiger partial charge on any atom is 0.321 e. The zero-order chi connectivity index (χ0) is 11.0. The lowest BCUT2D eigenvalue weighted by Crippen LogP contribution is -2.39. The standard InChI is InChI=1S/C10H14N5/c1-5-8-13-9-10(14-15(8)4)12-7(3)6(2)11-9/h5H2,1-4H3/q+1. The van der Waals surface area contributed by atoms with E-state index in [0.29, 0.717) is 11.3 Å². The lowest BCUT2D eigenvalue weighted by molar-refractivity contribution is -0.738. The number of aromatic nitrogens is 5. The molecule has 15 heavy (non-hydrogen) atoms. The molecular formula is C10H14N5+. The Bertz CT molecular complexity index is 521. The van der Waals surface area contributed by atoms with Gasteiger partial charge in [0.2, 0.25) is 0 Å². The Morgan fingerprint density at radius 2 is 1.60 bits per heavy atom. The van der Waals surface area contributed by atoms with E-state index in [-0.39, 0.29) is 0 Å². The molecule has 0 saturated carbocycles. The molecule has 0 unspecified atom stereocenters. The van der Waals surface area contributed by atoms with Gasteiger partial charge in [-0.25, -0.2) is 9.97 Å². The van der Waals surface area contributed by atoms with Crippen LogP contribution in [0.25, 0.3) is 11.3 Å². The molecule has 2 aromatic heterocycles. The number of hydrogen-bond donors (Lipinski definition) is 0. The highest BCUT2D eigenvalue weighted by molar-refractivity contribution is 5.63. The van der Waals surface area contributed by atoms with Crippen molar-refractivity contribution in [2.75, 3.05) is 0 Å². The smallest absolute Gasteiger partial charge is 0.223 e. The molecule has 0 aliphatic heterocycles. The average Bonchev–Trinajstić information content (AvgIpc) is 2.20. The first kappa shape index (κ1) is 9.89. The van der Waals surface area contributed by atoms with Crippen LogP contribution in [-0.4, -0.2) is 20.1 Å². The monoisotopic (exact) mass is 204 g/mol. The lowest BCUT2D eigenvalue weighted by atomic mass is 10.3. The molecule has 0 aliphatic carbocycles. The molecule has 2 rings (SSSR count). The zero-order valence-electron chi connectivity index (χ0n) is 9.44. The van der Waals surface area contributed by atoms with E-state index < -0.39 is 0 Å². The van der Waals surface area contributed by atoms with Crippen molar-refractivity contribution in [3.63, 3.8) is 0 Å². The number of hydrogen-bond acceptors (Lipinski definition) is 4. The second kappa shape index (κ2) is 3.49. The second-order valence-electron chi connectivity index (χ2n) is 3.55. The van der Waals surface area contributed by atoms with Crippen LogP contribution in [-0.2, 0) is 13.5 Å². The minimum atomic E-state index is 0.609. The van der Waals surface area contributed by atoms with Crippen LogP contribution in [0.2, 0.25) is 0 Å². The maximum atomic E-state index is 4.42. The average molecular weight is 204 g/mol. The summed E-state index contributed by atoms with van der Waals surface area (Å²) in [6.45, 7) is 5.91. The molecule has 0 radical (unpaired) electrons. The van der Waals surface area contributed by atoms with Crippen molar-refractivity contribution in [2.45, 2.75) is 27.2 Å². The maximum absolute atomic E-state index is 4.42. The van der Waals surface area contributed by atoms with Crippen molar-refractivity contribution >= 4 is 11.3 Å². The minimum Gasteiger partial charge on any atom is -0.223 e. The van der Waals surface area contributed by atoms with Gasteiger partial charge in [-0.3, -0.25) is 0 Å². The summed E-state index contributed by atoms with van der Waals surface area (Å²) < 4.78 is 1.76. The highest BCUT2D eigenvalue weighted by Crippen LogP contribution is 2.06. The van der Waals surface area contributed by atoms with Crippen LogP contribution in [0.4, 0.5) is 0 Å². The largest absolute Gasteiger partial charge is 0.321 e. The minimum absolute atomic E-state index is 0.609. The fourth-order valence-corrected chi connectivity index (χ4v) is 1.42. The van der Waals surface area contributed by atoms with Crippen molar-refractivity contribution in [3.8, 4) is 0 Å². The predicted molar refractivity (Wildman–Crippen MR) is 55.2 cm³/mol. The van der Waals surface area contributed by atoms with Crippen molar-refractivity contribution in [3.05, 3.63) is 17.2 Å². The molecule has 0 spiro atoms. The van der Waals surface area contributed by atoms with Crippen molar-refractivity contribution in [2.24, 2.45) is 7.05 Å². The van der Waals surface area contributed by atoms with Crippen LogP contribution in [0.15, 0.2) is 0 Å². The van der Waals surface area contributed by atoms with Crippen LogP contribution >= 0.6 is 0 Å². The molecule has 0 amide bonds. The summed E-state index contributed by atoms with van der Waals surface area (Å²) in [5.74, 6) is 0.917. The predicted octanol–water partition coefficient (Wildman–Crippen LogP) is 0.424. The van der Waals surface area contributed by atoms with Gasteiger partial charge in [-0.05, 0) is 18.8 Å². The Labute approximate surface area is 88.2 Å². The Kier molecular flexibility index (Phi) is 2.30. The van der Waals surface area contributed by atoms with E-state index in [1.807, 2.05) is 27.8 Å². The summed E-state index contributed by atoms with van der Waals surface area (Å²) in [5, 5.41) is 4.33. The van der Waals surface area contributed by atoms with Crippen molar-refractivity contribution in [1.82, 2.24) is 20.1 Å². The highest BCUT2D eigenvalue weighted by Gasteiger charge is 2.15. The van der Waals surface area contributed by atoms with Gasteiger partial charge in [0.1, 0.15) is 7.05 Å². The molecule has 0 saturated heterocycles. The Hall–Kier alpha value is -1.65. The summed E-state index contributed by atoms with van der Waals surface area (Å²) in [6, 6.07) is 0. The summed E-state index contributed by atoms with van der Waals surface area (Å²) in [6.07, 6.45) is 0.841. The van der Waals surface area contributed by atoms with Gasteiger partial charge in [-0.1, -0.05) is 12.0 Å². The molecule has 2 aromatic rings. The first-order valence-electron chi connectivity index (χ1n) is 5.00. The van der Waals surface area contributed by atoms with Gasteiger partial charge in [0, 0.05) is 0 Å². The van der Waals surface area contributed by atoms with Crippen molar-refractivity contribution < 1.29 is 4.68 Å². The third-order valence-corrected chi connectivity index (χ3v) is 2.44. The molecule has 5 nitrogen and oxygen atoms in total. The summed E-state index contributed by atoms with van der Waals surface area (Å²) >= 11 is 0. The second-order valence-corrected chi connectivity index (χ2v) is 3.55. The molecule has 0 fully saturated rings. The van der Waals surface area contributed by atoms with E-state index in [1.165, 1.54) is 0 Å². The van der Waals surface area contributed by atoms with Gasteiger partial charge >= 0.3 is 11.5 Å². The van der Waals surface area contributed by atoms with Gasteiger partial charge in [-0.2, -0.15) is 0 Å². The van der Waals surface area contributed by atoms with Crippen LogP contribution in [0.5, 0.6) is 0 Å². The van der Waals surface area contributed by atoms with E-state index in [2.05, 4.69) is 20.1 Å². The van der Waals surface area contributed by atoms with E-state index in [4.69, 9.17) is 0 Å². The van der Waals surface area contributed by atoms with Crippen molar-refractivity contribution in [1.29, 1.82) is 0 Å². The number of nitrogens with zero attached hydrogens (tertiary/aromatic N) is 5. The molecule has 0 aliphatic rings. The molecular weight excluding hydrogens is 190 g/mol. The van der Waals surface area contributed by atoms with Gasteiger partial charge < -0.3 is 0 Å². The van der Waals surface area contributed by atoms with Crippen LogP contribution in [0.1, 0.15) is 24.1 Å². The molecule has 2 heterocycles. The van der Waals surface area contributed by atoms with E-state index in [9.17, 15) is 0 Å². The fourth-order valence-electron chi connectivity index (χ4n) is 1.42. The summed E-state index contributed by atoms with van der Waals surface area (Å²) in [5.41, 5.74) is 3.06. The SMILES string of the molecule is CCc1nc2nc(C)c(C)nc2n[n+]1C. The Morgan fingerprint density at radius 3 is 2.20 bits per heavy atom. The number of aryl methyl sites for hydroxylation is 4. The van der Waals surface area contributed by atoms with Crippen LogP contribution < -0.4 is 4.68 Å². The van der Waals surface area contributed by atoms with E-state index in [0.717, 1.165) is 23.6 Å². The van der Waals surface area contributed by atoms with Gasteiger partial charge in [0.25, 0.3) is 5.65 Å². The third-order valence-electron chi connectivity index (χ3n) is 2.44. The number of fused-ring (bicyclic) bond motifs is 1. The topological polar surface area (TPSA) is 55.4 Å². The van der Waals surface area contributed by atoms with Gasteiger partial charge in [0.15, 0.2) is 0 Å². The summed E-state index contributed by atoms with van der Waals surface area (Å²) in [7, 11) is 1.88. The Morgan fingerprint density at radius 1 is 1.00 bits per heavy atom. The first-order chi connectivity index (χ1) is 7.11. The highest BCUT2D eigenvalue weighted by atomic mass is 15.3. The third kappa shape index (κ3) is 1.65. The molecule has 0 aromatic carbocycles. The van der Waals surface area contributed by atoms with Crippen LogP contribution in [0, 0.1) is 13.8 Å². The quantitative estimate of drug-likeness (QED) is 0.632. The normalized spacial score (nSPS) is 10.9. The van der Waals surface area contributed by atoms with E-state index >= 15 is 0 Å². The van der Waals surface area contributed by atoms with Crippen LogP contribution in [0.3, 0.4) is 0 Å². The fraction of sp³-hybridized carbons (Fsp3) is 0.500. The lowest BCUT2D eigenvalue weighted by Gasteiger charge is -1.99.